The zero-order valence-corrected chi connectivity index (χ0v) is 16.7. The Bertz CT molecular complexity index is 871. The molecule has 2 aromatic heterocycles. The van der Waals surface area contributed by atoms with Crippen LogP contribution in [0.1, 0.15) is 38.2 Å². The number of hydrogen-bond donors (Lipinski definition) is 1. The summed E-state index contributed by atoms with van der Waals surface area (Å²) in [5, 5.41) is 7.76. The Morgan fingerprint density at radius 3 is 2.68 bits per heavy atom. The molecule has 0 unspecified atom stereocenters. The van der Waals surface area contributed by atoms with Crippen molar-refractivity contribution in [3.8, 4) is 5.82 Å². The van der Waals surface area contributed by atoms with Crippen molar-refractivity contribution in [2.24, 2.45) is 0 Å². The lowest BCUT2D eigenvalue weighted by Crippen LogP contribution is -2.35. The molecule has 2 heterocycles. The molecule has 2 aromatic rings. The monoisotopic (exact) mass is 432 g/mol. The van der Waals surface area contributed by atoms with Crippen LogP contribution < -0.4 is 10.9 Å². The number of hydrogen-bond acceptors (Lipinski definition) is 5. The van der Waals surface area contributed by atoms with E-state index in [1.54, 1.807) is 0 Å². The second-order valence-electron chi connectivity index (χ2n) is 6.52. The molecular weight excluding hydrogens is 413 g/mol. The number of rotatable bonds is 5. The molecule has 1 saturated carbocycles. The van der Waals surface area contributed by atoms with E-state index < -0.39 is 17.3 Å². The first-order chi connectivity index (χ1) is 13.3. The second-order valence-corrected chi connectivity index (χ2v) is 8.42. The maximum atomic E-state index is 12.7. The average molecular weight is 433 g/mol. The topological polar surface area (TPSA) is 59.8 Å². The Hall–Kier alpha value is -1.74. The zero-order valence-electron chi connectivity index (χ0n) is 15.2. The number of nitrogens with one attached hydrogen (secondary N) is 1. The third-order valence-corrected chi connectivity index (χ3v) is 6.33. The van der Waals surface area contributed by atoms with Gasteiger partial charge in [-0.3, -0.25) is 4.79 Å². The third-order valence-electron chi connectivity index (χ3n) is 4.64. The molecule has 0 aliphatic heterocycles. The average Bonchev–Trinajstić information content (AvgIpc) is 2.67. The van der Waals surface area contributed by atoms with Gasteiger partial charge in [0.25, 0.3) is 5.56 Å². The van der Waals surface area contributed by atoms with E-state index in [0.29, 0.717) is 17.1 Å². The van der Waals surface area contributed by atoms with Crippen molar-refractivity contribution in [3.05, 3.63) is 45.5 Å². The summed E-state index contributed by atoms with van der Waals surface area (Å²) in [5.41, 5.74) is -1.09. The Morgan fingerprint density at radius 1 is 1.29 bits per heavy atom. The first kappa shape index (κ1) is 21.0. The summed E-state index contributed by atoms with van der Waals surface area (Å²) in [4.78, 5) is 16.3. The van der Waals surface area contributed by atoms with E-state index in [4.69, 9.17) is 11.6 Å². The van der Waals surface area contributed by atoms with Crippen molar-refractivity contribution in [3.63, 3.8) is 0 Å². The molecule has 0 bridgehead atoms. The lowest BCUT2D eigenvalue weighted by Gasteiger charge is -2.32. The fourth-order valence-corrected chi connectivity index (χ4v) is 4.63. The van der Waals surface area contributed by atoms with Gasteiger partial charge < -0.3 is 5.32 Å². The predicted molar refractivity (Wildman–Crippen MR) is 105 cm³/mol. The number of nitrogens with zero attached hydrogens (tertiary/aromatic N) is 3. The number of anilines is 1. The van der Waals surface area contributed by atoms with Gasteiger partial charge in [-0.2, -0.15) is 34.7 Å². The van der Waals surface area contributed by atoms with Gasteiger partial charge >= 0.3 is 6.18 Å². The Morgan fingerprint density at radius 2 is 2.04 bits per heavy atom. The van der Waals surface area contributed by atoms with Gasteiger partial charge in [0.1, 0.15) is 5.02 Å². The molecule has 0 spiro atoms. The van der Waals surface area contributed by atoms with E-state index in [0.717, 1.165) is 41.8 Å². The molecule has 10 heteroatoms. The normalized spacial score (nSPS) is 20.2. The van der Waals surface area contributed by atoms with Crippen molar-refractivity contribution in [2.45, 2.75) is 50.1 Å². The molecule has 5 nitrogen and oxygen atoms in total. The molecule has 1 fully saturated rings. The zero-order chi connectivity index (χ0) is 20.3. The van der Waals surface area contributed by atoms with Crippen LogP contribution in [-0.2, 0) is 6.18 Å². The van der Waals surface area contributed by atoms with Crippen molar-refractivity contribution < 1.29 is 13.2 Å². The number of thioether (sulfide) groups is 1. The highest BCUT2D eigenvalue weighted by molar-refractivity contribution is 7.99. The van der Waals surface area contributed by atoms with Gasteiger partial charge in [-0.05, 0) is 30.7 Å². The summed E-state index contributed by atoms with van der Waals surface area (Å²) in [7, 11) is 0. The first-order valence-corrected chi connectivity index (χ1v) is 10.4. The van der Waals surface area contributed by atoms with Crippen LogP contribution >= 0.6 is 23.4 Å². The molecule has 2 atom stereocenters. The fraction of sp³-hybridized carbons (Fsp3) is 0.500. The van der Waals surface area contributed by atoms with Crippen LogP contribution in [0.15, 0.2) is 29.3 Å². The van der Waals surface area contributed by atoms with Crippen LogP contribution in [0.5, 0.6) is 0 Å². The maximum absolute atomic E-state index is 12.7. The largest absolute Gasteiger partial charge is 0.417 e. The van der Waals surface area contributed by atoms with E-state index in [1.165, 1.54) is 12.6 Å². The summed E-state index contributed by atoms with van der Waals surface area (Å²) in [6.07, 6.45) is 1.97. The van der Waals surface area contributed by atoms with Crippen molar-refractivity contribution >= 4 is 29.1 Å². The molecule has 28 heavy (non-hydrogen) atoms. The number of pyridine rings is 1. The quantitative estimate of drug-likeness (QED) is 0.737. The predicted octanol–water partition coefficient (Wildman–Crippen LogP) is 4.78. The summed E-state index contributed by atoms with van der Waals surface area (Å²) >= 11 is 8.13. The van der Waals surface area contributed by atoms with E-state index in [9.17, 15) is 18.0 Å². The number of aromatic nitrogens is 3. The Balaban J connectivity index is 1.84. The molecule has 3 rings (SSSR count). The van der Waals surface area contributed by atoms with E-state index in [1.807, 2.05) is 11.8 Å². The molecule has 0 saturated heterocycles. The summed E-state index contributed by atoms with van der Waals surface area (Å²) in [5.74, 6) is 0.985. The summed E-state index contributed by atoms with van der Waals surface area (Å²) in [6.45, 7) is 2.11. The molecule has 1 N–H and O–H groups in total. The molecule has 0 aromatic carbocycles. The molecule has 152 valence electrons. The van der Waals surface area contributed by atoms with Crippen LogP contribution in [0.4, 0.5) is 18.9 Å². The molecular formula is C18H20ClF3N4OS. The van der Waals surface area contributed by atoms with Crippen molar-refractivity contribution in [2.75, 3.05) is 11.1 Å². The van der Waals surface area contributed by atoms with Crippen LogP contribution in [0, 0.1) is 0 Å². The standard InChI is InChI=1S/C18H20ClF3N4OS/c1-2-28-14-6-4-3-5-12(14)25-13-10-24-26(17(27)16(13)19)15-8-7-11(9-23-15)18(20,21)22/h7-10,12,14,25H,2-6H2,1H3/t12-,14+/m1/s1. The highest BCUT2D eigenvalue weighted by Gasteiger charge is 2.31. The minimum Gasteiger partial charge on any atom is -0.379 e. The minimum absolute atomic E-state index is 0.0245. The van der Waals surface area contributed by atoms with Gasteiger partial charge in [0, 0.05) is 17.5 Å². The van der Waals surface area contributed by atoms with E-state index >= 15 is 0 Å². The van der Waals surface area contributed by atoms with Gasteiger partial charge in [0.2, 0.25) is 0 Å². The van der Waals surface area contributed by atoms with Crippen LogP contribution in [0.2, 0.25) is 5.02 Å². The van der Waals surface area contributed by atoms with Crippen LogP contribution in [-0.4, -0.2) is 31.8 Å². The lowest BCUT2D eigenvalue weighted by atomic mass is 9.95. The number of halogens is 4. The number of alkyl halides is 3. The van der Waals surface area contributed by atoms with Gasteiger partial charge in [-0.15, -0.1) is 0 Å². The van der Waals surface area contributed by atoms with E-state index in [2.05, 4.69) is 22.3 Å². The third kappa shape index (κ3) is 4.63. The molecule has 0 radical (unpaired) electrons. The van der Waals surface area contributed by atoms with Gasteiger partial charge in [-0.1, -0.05) is 31.4 Å². The second kappa shape index (κ2) is 8.73. The molecule has 1 aliphatic carbocycles. The van der Waals surface area contributed by atoms with E-state index in [-0.39, 0.29) is 16.9 Å². The highest BCUT2D eigenvalue weighted by atomic mass is 35.5. The SMILES string of the molecule is CCS[C@H]1CCCC[C@H]1Nc1cnn(-c2ccc(C(F)(F)F)cn2)c(=O)c1Cl. The molecule has 0 amide bonds. The first-order valence-electron chi connectivity index (χ1n) is 9.01. The lowest BCUT2D eigenvalue weighted by molar-refractivity contribution is -0.137. The summed E-state index contributed by atoms with van der Waals surface area (Å²) < 4.78 is 38.9. The molecule has 1 aliphatic rings. The van der Waals surface area contributed by atoms with Gasteiger partial charge in [0.15, 0.2) is 5.82 Å². The van der Waals surface area contributed by atoms with Crippen LogP contribution in [0.3, 0.4) is 0 Å². The van der Waals surface area contributed by atoms with Gasteiger partial charge in [-0.25, -0.2) is 4.98 Å². The van der Waals surface area contributed by atoms with Gasteiger partial charge in [0.05, 0.1) is 17.4 Å². The Kier molecular flexibility index (Phi) is 6.54. The highest BCUT2D eigenvalue weighted by Crippen LogP contribution is 2.32. The summed E-state index contributed by atoms with van der Waals surface area (Å²) in [6, 6.07) is 2.14. The maximum Gasteiger partial charge on any atom is 0.417 e. The van der Waals surface area contributed by atoms with Crippen LogP contribution in [0.25, 0.3) is 5.82 Å². The fourth-order valence-electron chi connectivity index (χ4n) is 3.25. The van der Waals surface area contributed by atoms with Crippen molar-refractivity contribution in [1.82, 2.24) is 14.8 Å². The van der Waals surface area contributed by atoms with Crippen molar-refractivity contribution in [1.29, 1.82) is 0 Å². The minimum atomic E-state index is -4.50. The smallest absolute Gasteiger partial charge is 0.379 e. The Labute approximate surface area is 169 Å².